The summed E-state index contributed by atoms with van der Waals surface area (Å²) in [5.41, 5.74) is 0.0758. The Morgan fingerprint density at radius 3 is 2.70 bits per heavy atom. The highest BCUT2D eigenvalue weighted by atomic mass is 16.2. The molecular weight excluding hydrogens is 290 g/mol. The molecule has 5 heteroatoms. The Morgan fingerprint density at radius 2 is 2.04 bits per heavy atom. The molecule has 0 radical (unpaired) electrons. The Balaban J connectivity index is 1.76. The first-order valence-corrected chi connectivity index (χ1v) is 9.20. The van der Waals surface area contributed by atoms with Crippen LogP contribution >= 0.6 is 0 Å². The minimum atomic E-state index is -0.0123. The van der Waals surface area contributed by atoms with E-state index >= 15 is 0 Å². The van der Waals surface area contributed by atoms with Crippen LogP contribution in [-0.4, -0.2) is 48.9 Å². The van der Waals surface area contributed by atoms with Gasteiger partial charge in [-0.1, -0.05) is 27.2 Å². The van der Waals surface area contributed by atoms with Gasteiger partial charge in [0.1, 0.15) is 0 Å². The molecule has 23 heavy (non-hydrogen) atoms. The van der Waals surface area contributed by atoms with Crippen molar-refractivity contribution in [2.75, 3.05) is 26.2 Å². The highest BCUT2D eigenvalue weighted by Gasteiger charge is 2.28. The summed E-state index contributed by atoms with van der Waals surface area (Å²) in [5.74, 6) is 0.784. The second kappa shape index (κ2) is 8.13. The third-order valence-electron chi connectivity index (χ3n) is 5.40. The van der Waals surface area contributed by atoms with Crippen molar-refractivity contribution in [2.45, 2.75) is 65.3 Å². The smallest absolute Gasteiger partial charge is 0.237 e. The molecule has 2 fully saturated rings. The number of carbonyl (C=O) groups is 2. The van der Waals surface area contributed by atoms with Crippen LogP contribution in [0.1, 0.15) is 59.3 Å². The summed E-state index contributed by atoms with van der Waals surface area (Å²) in [7, 11) is 0. The van der Waals surface area contributed by atoms with Gasteiger partial charge in [-0.3, -0.25) is 9.59 Å². The lowest BCUT2D eigenvalue weighted by molar-refractivity contribution is -0.135. The van der Waals surface area contributed by atoms with Crippen LogP contribution in [0.5, 0.6) is 0 Å². The van der Waals surface area contributed by atoms with E-state index in [-0.39, 0.29) is 23.3 Å². The van der Waals surface area contributed by atoms with Crippen molar-refractivity contribution in [1.82, 2.24) is 15.5 Å². The molecule has 2 heterocycles. The molecule has 5 nitrogen and oxygen atoms in total. The van der Waals surface area contributed by atoms with Crippen molar-refractivity contribution in [3.8, 4) is 0 Å². The van der Waals surface area contributed by atoms with Crippen molar-refractivity contribution in [3.63, 3.8) is 0 Å². The minimum Gasteiger partial charge on any atom is -0.354 e. The Bertz CT molecular complexity index is 416. The predicted octanol–water partition coefficient (Wildman–Crippen LogP) is 1.92. The molecule has 2 amide bonds. The van der Waals surface area contributed by atoms with Gasteiger partial charge in [0.25, 0.3) is 0 Å². The van der Waals surface area contributed by atoms with Crippen LogP contribution in [0, 0.1) is 11.3 Å². The van der Waals surface area contributed by atoms with E-state index in [1.165, 1.54) is 0 Å². The number of rotatable bonds is 6. The highest BCUT2D eigenvalue weighted by molar-refractivity contribution is 5.82. The van der Waals surface area contributed by atoms with Gasteiger partial charge in [0, 0.05) is 26.1 Å². The zero-order valence-corrected chi connectivity index (χ0v) is 15.0. The molecule has 0 aromatic carbocycles. The topological polar surface area (TPSA) is 61.4 Å². The second-order valence-corrected chi connectivity index (χ2v) is 7.94. The summed E-state index contributed by atoms with van der Waals surface area (Å²) in [6, 6.07) is -0.0123. The lowest BCUT2D eigenvalue weighted by atomic mass is 9.85. The van der Waals surface area contributed by atoms with Gasteiger partial charge in [-0.15, -0.1) is 0 Å². The number of nitrogens with one attached hydrogen (secondary N) is 2. The molecule has 132 valence electrons. The van der Waals surface area contributed by atoms with Crippen molar-refractivity contribution < 1.29 is 9.59 Å². The number of nitrogens with zero attached hydrogens (tertiary/aromatic N) is 1. The third-order valence-corrected chi connectivity index (χ3v) is 5.40. The Labute approximate surface area is 140 Å². The quantitative estimate of drug-likeness (QED) is 0.785. The van der Waals surface area contributed by atoms with Crippen molar-refractivity contribution in [3.05, 3.63) is 0 Å². The average molecular weight is 323 g/mol. The molecule has 0 aliphatic carbocycles. The van der Waals surface area contributed by atoms with E-state index in [1.807, 2.05) is 4.90 Å². The van der Waals surface area contributed by atoms with Gasteiger partial charge in [-0.2, -0.15) is 0 Å². The molecule has 2 aliphatic rings. The fourth-order valence-corrected chi connectivity index (χ4v) is 3.38. The normalized spacial score (nSPS) is 25.4. The molecule has 2 unspecified atom stereocenters. The molecule has 0 aromatic rings. The summed E-state index contributed by atoms with van der Waals surface area (Å²) in [6.45, 7) is 9.74. The van der Waals surface area contributed by atoms with Gasteiger partial charge >= 0.3 is 0 Å². The van der Waals surface area contributed by atoms with Gasteiger partial charge in [0.2, 0.25) is 11.8 Å². The van der Waals surface area contributed by atoms with E-state index in [1.54, 1.807) is 0 Å². The fraction of sp³-hybridized carbons (Fsp3) is 0.889. The summed E-state index contributed by atoms with van der Waals surface area (Å²) < 4.78 is 0. The van der Waals surface area contributed by atoms with Crippen LogP contribution in [0.15, 0.2) is 0 Å². The first-order valence-electron chi connectivity index (χ1n) is 9.20. The van der Waals surface area contributed by atoms with Crippen LogP contribution < -0.4 is 10.6 Å². The van der Waals surface area contributed by atoms with E-state index < -0.39 is 0 Å². The number of amides is 2. The molecule has 2 saturated heterocycles. The van der Waals surface area contributed by atoms with E-state index in [0.717, 1.165) is 51.7 Å². The Kier molecular flexibility index (Phi) is 6.45. The lowest BCUT2D eigenvalue weighted by Crippen LogP contribution is -2.47. The first kappa shape index (κ1) is 18.2. The molecule has 2 aliphatic heterocycles. The van der Waals surface area contributed by atoms with Crippen molar-refractivity contribution >= 4 is 11.8 Å². The maximum atomic E-state index is 12.5. The van der Waals surface area contributed by atoms with Crippen molar-refractivity contribution in [2.24, 2.45) is 11.3 Å². The molecule has 2 atom stereocenters. The summed E-state index contributed by atoms with van der Waals surface area (Å²) in [6.07, 6.45) is 5.79. The Morgan fingerprint density at radius 1 is 1.26 bits per heavy atom. The summed E-state index contributed by atoms with van der Waals surface area (Å²) in [5, 5.41) is 6.30. The number of carbonyl (C=O) groups excluding carboxylic acids is 2. The number of piperidine rings is 1. The number of hydrogen-bond donors (Lipinski definition) is 2. The van der Waals surface area contributed by atoms with Gasteiger partial charge in [0.15, 0.2) is 0 Å². The Hall–Kier alpha value is -1.10. The molecule has 2 rings (SSSR count). The molecule has 0 bridgehead atoms. The van der Waals surface area contributed by atoms with Crippen molar-refractivity contribution in [1.29, 1.82) is 0 Å². The maximum absolute atomic E-state index is 12.5. The SMILES string of the molecule is CCC(C)(C)CC(=O)N1CCCC(CNC(=O)C2CCCN2)C1. The van der Waals surface area contributed by atoms with Gasteiger partial charge in [-0.25, -0.2) is 0 Å². The summed E-state index contributed by atoms with van der Waals surface area (Å²) in [4.78, 5) is 26.6. The second-order valence-electron chi connectivity index (χ2n) is 7.94. The monoisotopic (exact) mass is 323 g/mol. The minimum absolute atomic E-state index is 0.0123. The van der Waals surface area contributed by atoms with Crippen LogP contribution in [0.25, 0.3) is 0 Å². The summed E-state index contributed by atoms with van der Waals surface area (Å²) >= 11 is 0. The fourth-order valence-electron chi connectivity index (χ4n) is 3.38. The molecule has 0 aromatic heterocycles. The van der Waals surface area contributed by atoms with Crippen LogP contribution in [-0.2, 0) is 9.59 Å². The van der Waals surface area contributed by atoms with Gasteiger partial charge in [0.05, 0.1) is 6.04 Å². The highest BCUT2D eigenvalue weighted by Crippen LogP contribution is 2.27. The average Bonchev–Trinajstić information content (AvgIpc) is 3.07. The van der Waals surface area contributed by atoms with Crippen LogP contribution in [0.3, 0.4) is 0 Å². The number of hydrogen-bond acceptors (Lipinski definition) is 3. The molecular formula is C18H33N3O2. The van der Waals surface area contributed by atoms with Crippen LogP contribution in [0.4, 0.5) is 0 Å². The van der Waals surface area contributed by atoms with E-state index in [9.17, 15) is 9.59 Å². The zero-order valence-electron chi connectivity index (χ0n) is 15.0. The van der Waals surface area contributed by atoms with E-state index in [4.69, 9.17) is 0 Å². The van der Waals surface area contributed by atoms with E-state index in [2.05, 4.69) is 31.4 Å². The number of likely N-dealkylation sites (tertiary alicyclic amines) is 1. The van der Waals surface area contributed by atoms with Gasteiger partial charge in [-0.05, 0) is 43.6 Å². The maximum Gasteiger partial charge on any atom is 0.237 e. The predicted molar refractivity (Wildman–Crippen MR) is 92.0 cm³/mol. The largest absolute Gasteiger partial charge is 0.354 e. The first-order chi connectivity index (χ1) is 10.9. The standard InChI is InChI=1S/C18H33N3O2/c1-4-18(2,3)11-16(22)21-10-6-7-14(13-21)12-20-17(23)15-8-5-9-19-15/h14-15,19H,4-13H2,1-3H3,(H,20,23). The lowest BCUT2D eigenvalue weighted by Gasteiger charge is -2.35. The van der Waals surface area contributed by atoms with Crippen LogP contribution in [0.2, 0.25) is 0 Å². The zero-order chi connectivity index (χ0) is 16.9. The van der Waals surface area contributed by atoms with Gasteiger partial charge < -0.3 is 15.5 Å². The van der Waals surface area contributed by atoms with E-state index in [0.29, 0.717) is 18.9 Å². The molecule has 0 spiro atoms. The molecule has 0 saturated carbocycles. The third kappa shape index (κ3) is 5.48. The molecule has 2 N–H and O–H groups in total.